The molecule has 0 aliphatic heterocycles. The normalized spacial score (nSPS) is 11.4. The highest BCUT2D eigenvalue weighted by atomic mass is 16.5. The topological polar surface area (TPSA) is 38.3 Å². The highest BCUT2D eigenvalue weighted by Gasteiger charge is 2.05. The summed E-state index contributed by atoms with van der Waals surface area (Å²) in [6.07, 6.45) is 3.61. The van der Waals surface area contributed by atoms with E-state index in [1.807, 2.05) is 13.0 Å². The van der Waals surface area contributed by atoms with Crippen LogP contribution in [-0.4, -0.2) is 26.2 Å². The van der Waals surface area contributed by atoms with Gasteiger partial charge < -0.3 is 10.1 Å². The van der Waals surface area contributed by atoms with Gasteiger partial charge in [-0.05, 0) is 37.4 Å². The SMILES string of the molecule is CC/C(=C/CNCCc1ccccc1C)C(=O)OC. The number of ether oxygens (including phenoxy) is 1. The third-order valence-corrected chi connectivity index (χ3v) is 3.15. The van der Waals surface area contributed by atoms with Gasteiger partial charge in [-0.25, -0.2) is 4.79 Å². The molecule has 1 aromatic rings. The van der Waals surface area contributed by atoms with Crippen molar-refractivity contribution in [3.63, 3.8) is 0 Å². The van der Waals surface area contributed by atoms with E-state index in [1.54, 1.807) is 0 Å². The van der Waals surface area contributed by atoms with E-state index in [9.17, 15) is 4.79 Å². The van der Waals surface area contributed by atoms with Crippen LogP contribution in [0.1, 0.15) is 24.5 Å². The zero-order chi connectivity index (χ0) is 14.1. The quantitative estimate of drug-likeness (QED) is 0.466. The van der Waals surface area contributed by atoms with E-state index in [0.717, 1.165) is 18.5 Å². The van der Waals surface area contributed by atoms with Gasteiger partial charge in [0, 0.05) is 12.1 Å². The van der Waals surface area contributed by atoms with Gasteiger partial charge in [0.2, 0.25) is 0 Å². The number of carbonyl (C=O) groups excluding carboxylic acids is 1. The minimum atomic E-state index is -0.233. The largest absolute Gasteiger partial charge is 0.466 e. The third kappa shape index (κ3) is 5.26. The van der Waals surface area contributed by atoms with E-state index in [0.29, 0.717) is 13.0 Å². The summed E-state index contributed by atoms with van der Waals surface area (Å²) >= 11 is 0. The van der Waals surface area contributed by atoms with Crippen molar-refractivity contribution in [1.29, 1.82) is 0 Å². The first kappa shape index (κ1) is 15.4. The molecule has 0 saturated carbocycles. The van der Waals surface area contributed by atoms with Gasteiger partial charge in [0.1, 0.15) is 0 Å². The second-order valence-corrected chi connectivity index (χ2v) is 4.46. The van der Waals surface area contributed by atoms with Gasteiger partial charge in [0.25, 0.3) is 0 Å². The minimum Gasteiger partial charge on any atom is -0.466 e. The van der Waals surface area contributed by atoms with Gasteiger partial charge in [-0.15, -0.1) is 0 Å². The Hall–Kier alpha value is -1.61. The summed E-state index contributed by atoms with van der Waals surface area (Å²) in [5, 5.41) is 3.32. The van der Waals surface area contributed by atoms with Crippen molar-refractivity contribution in [3.05, 3.63) is 47.0 Å². The molecule has 3 heteroatoms. The molecule has 0 radical (unpaired) electrons. The maximum Gasteiger partial charge on any atom is 0.333 e. The molecule has 0 amide bonds. The fraction of sp³-hybridized carbons (Fsp3) is 0.438. The van der Waals surface area contributed by atoms with Crippen LogP contribution < -0.4 is 5.32 Å². The van der Waals surface area contributed by atoms with E-state index >= 15 is 0 Å². The van der Waals surface area contributed by atoms with Crippen LogP contribution in [0.2, 0.25) is 0 Å². The summed E-state index contributed by atoms with van der Waals surface area (Å²) in [6, 6.07) is 8.40. The lowest BCUT2D eigenvalue weighted by molar-refractivity contribution is -0.136. The third-order valence-electron chi connectivity index (χ3n) is 3.15. The second-order valence-electron chi connectivity index (χ2n) is 4.46. The van der Waals surface area contributed by atoms with Crippen LogP contribution in [0.5, 0.6) is 0 Å². The standard InChI is InChI=1S/C16H23NO2/c1-4-14(16(18)19-3)9-11-17-12-10-15-8-6-5-7-13(15)2/h5-9,17H,4,10-12H2,1-3H3/b14-9-. The number of carbonyl (C=O) groups is 1. The Balaban J connectivity index is 2.33. The molecular weight excluding hydrogens is 238 g/mol. The highest BCUT2D eigenvalue weighted by Crippen LogP contribution is 2.07. The summed E-state index contributed by atoms with van der Waals surface area (Å²) in [5.74, 6) is -0.233. The predicted molar refractivity (Wildman–Crippen MR) is 78.1 cm³/mol. The van der Waals surface area contributed by atoms with Crippen molar-refractivity contribution in [2.24, 2.45) is 0 Å². The smallest absolute Gasteiger partial charge is 0.333 e. The molecular formula is C16H23NO2. The molecule has 0 aliphatic carbocycles. The number of aryl methyl sites for hydroxylation is 1. The molecule has 19 heavy (non-hydrogen) atoms. The Morgan fingerprint density at radius 3 is 2.74 bits per heavy atom. The van der Waals surface area contributed by atoms with Gasteiger partial charge in [-0.2, -0.15) is 0 Å². The Labute approximate surface area is 115 Å². The van der Waals surface area contributed by atoms with Crippen molar-refractivity contribution in [3.8, 4) is 0 Å². The molecule has 0 aliphatic rings. The van der Waals surface area contributed by atoms with Crippen molar-refractivity contribution in [2.75, 3.05) is 20.2 Å². The molecule has 0 aromatic heterocycles. The fourth-order valence-corrected chi connectivity index (χ4v) is 1.91. The molecule has 0 bridgehead atoms. The summed E-state index contributed by atoms with van der Waals surface area (Å²) in [6.45, 7) is 5.68. The molecule has 0 heterocycles. The van der Waals surface area contributed by atoms with E-state index in [4.69, 9.17) is 4.74 Å². The summed E-state index contributed by atoms with van der Waals surface area (Å²) in [7, 11) is 1.41. The van der Waals surface area contributed by atoms with E-state index in [1.165, 1.54) is 18.2 Å². The van der Waals surface area contributed by atoms with Crippen molar-refractivity contribution in [1.82, 2.24) is 5.32 Å². The summed E-state index contributed by atoms with van der Waals surface area (Å²) in [5.41, 5.74) is 3.41. The first-order chi connectivity index (χ1) is 9.19. The first-order valence-corrected chi connectivity index (χ1v) is 6.71. The number of esters is 1. The summed E-state index contributed by atoms with van der Waals surface area (Å²) < 4.78 is 4.71. The highest BCUT2D eigenvalue weighted by molar-refractivity contribution is 5.88. The molecule has 104 valence electrons. The van der Waals surface area contributed by atoms with Gasteiger partial charge >= 0.3 is 5.97 Å². The number of benzene rings is 1. The average Bonchev–Trinajstić information content (AvgIpc) is 2.44. The van der Waals surface area contributed by atoms with Gasteiger partial charge in [0.15, 0.2) is 0 Å². The lowest BCUT2D eigenvalue weighted by Gasteiger charge is -2.06. The number of hydrogen-bond acceptors (Lipinski definition) is 3. The first-order valence-electron chi connectivity index (χ1n) is 6.71. The van der Waals surface area contributed by atoms with E-state index in [-0.39, 0.29) is 5.97 Å². The molecule has 1 rings (SSSR count). The Morgan fingerprint density at radius 1 is 1.37 bits per heavy atom. The average molecular weight is 261 g/mol. The van der Waals surface area contributed by atoms with Gasteiger partial charge in [0.05, 0.1) is 7.11 Å². The van der Waals surface area contributed by atoms with Crippen LogP contribution in [0, 0.1) is 6.92 Å². The Morgan fingerprint density at radius 2 is 2.11 bits per heavy atom. The Kier molecular flexibility index (Phi) is 6.90. The lowest BCUT2D eigenvalue weighted by atomic mass is 10.1. The van der Waals surface area contributed by atoms with Crippen molar-refractivity contribution in [2.45, 2.75) is 26.7 Å². The molecule has 0 saturated heterocycles. The van der Waals surface area contributed by atoms with Crippen LogP contribution in [0.25, 0.3) is 0 Å². The van der Waals surface area contributed by atoms with Crippen LogP contribution in [0.15, 0.2) is 35.9 Å². The molecule has 0 spiro atoms. The molecule has 0 atom stereocenters. The maximum absolute atomic E-state index is 11.4. The number of rotatable bonds is 7. The van der Waals surface area contributed by atoms with Crippen LogP contribution in [0.4, 0.5) is 0 Å². The number of nitrogens with one attached hydrogen (secondary N) is 1. The van der Waals surface area contributed by atoms with Gasteiger partial charge in [-0.1, -0.05) is 37.3 Å². The predicted octanol–water partition coefficient (Wildman–Crippen LogP) is 2.64. The zero-order valence-corrected chi connectivity index (χ0v) is 12.0. The molecule has 1 N–H and O–H groups in total. The zero-order valence-electron chi connectivity index (χ0n) is 12.0. The Bertz CT molecular complexity index is 438. The van der Waals surface area contributed by atoms with E-state index < -0.39 is 0 Å². The summed E-state index contributed by atoms with van der Waals surface area (Å²) in [4.78, 5) is 11.4. The minimum absolute atomic E-state index is 0.233. The molecule has 3 nitrogen and oxygen atoms in total. The number of methoxy groups -OCH3 is 1. The fourth-order valence-electron chi connectivity index (χ4n) is 1.91. The van der Waals surface area contributed by atoms with Crippen molar-refractivity contribution < 1.29 is 9.53 Å². The van der Waals surface area contributed by atoms with Crippen LogP contribution >= 0.6 is 0 Å². The van der Waals surface area contributed by atoms with Crippen molar-refractivity contribution >= 4 is 5.97 Å². The lowest BCUT2D eigenvalue weighted by Crippen LogP contribution is -2.18. The number of hydrogen-bond donors (Lipinski definition) is 1. The van der Waals surface area contributed by atoms with Gasteiger partial charge in [-0.3, -0.25) is 0 Å². The van der Waals surface area contributed by atoms with Crippen LogP contribution in [0.3, 0.4) is 0 Å². The van der Waals surface area contributed by atoms with E-state index in [2.05, 4.69) is 36.5 Å². The molecule has 0 fully saturated rings. The molecule has 1 aromatic carbocycles. The maximum atomic E-state index is 11.4. The second kappa shape index (κ2) is 8.48. The van der Waals surface area contributed by atoms with Crippen LogP contribution in [-0.2, 0) is 16.0 Å². The monoisotopic (exact) mass is 261 g/mol. The molecule has 0 unspecified atom stereocenters.